The molecule has 0 saturated carbocycles. The Morgan fingerprint density at radius 1 is 1.11 bits per heavy atom. The second-order valence-electron chi connectivity index (χ2n) is 5.48. The van der Waals surface area contributed by atoms with E-state index < -0.39 is 0 Å². The molecule has 4 heteroatoms. The summed E-state index contributed by atoms with van der Waals surface area (Å²) in [5.41, 5.74) is -0.146. The van der Waals surface area contributed by atoms with Crippen molar-refractivity contribution in [1.29, 1.82) is 0 Å². The maximum Gasteiger partial charge on any atom is 0.208 e. The van der Waals surface area contributed by atoms with Crippen LogP contribution in [-0.2, 0) is 9.47 Å². The van der Waals surface area contributed by atoms with Gasteiger partial charge < -0.3 is 9.47 Å². The first-order valence-electron chi connectivity index (χ1n) is 5.99. The fourth-order valence-corrected chi connectivity index (χ4v) is 1.44. The molecular formula is C14H22N2O2. The maximum absolute atomic E-state index is 5.33. The Bertz CT molecular complexity index is 393. The Kier molecular flexibility index (Phi) is 4.33. The van der Waals surface area contributed by atoms with Crippen molar-refractivity contribution in [2.24, 2.45) is 9.98 Å². The van der Waals surface area contributed by atoms with E-state index in [0.717, 1.165) is 6.54 Å². The first-order chi connectivity index (χ1) is 8.28. The molecule has 0 aromatic heterocycles. The summed E-state index contributed by atoms with van der Waals surface area (Å²) in [4.78, 5) is 8.30. The van der Waals surface area contributed by atoms with Crippen LogP contribution in [0.4, 0.5) is 0 Å². The number of hydrogen-bond donors (Lipinski definition) is 0. The van der Waals surface area contributed by atoms with E-state index in [1.165, 1.54) is 0 Å². The topological polar surface area (TPSA) is 43.2 Å². The van der Waals surface area contributed by atoms with E-state index in [1.54, 1.807) is 12.2 Å². The second kappa shape index (κ2) is 5.38. The van der Waals surface area contributed by atoms with Gasteiger partial charge in [0.15, 0.2) is 0 Å². The molecule has 0 aromatic rings. The van der Waals surface area contributed by atoms with Crippen molar-refractivity contribution in [1.82, 2.24) is 0 Å². The molecule has 100 valence electrons. The number of hydrogen-bond acceptors (Lipinski definition) is 4. The number of nitrogens with zero attached hydrogens (tertiary/aromatic N) is 2. The number of aliphatic imine (C=N–C) groups is 2. The van der Waals surface area contributed by atoms with Gasteiger partial charge in [-0.15, -0.1) is 0 Å². The van der Waals surface area contributed by atoms with E-state index in [0.29, 0.717) is 18.4 Å². The Morgan fingerprint density at radius 3 is 1.94 bits per heavy atom. The summed E-state index contributed by atoms with van der Waals surface area (Å²) in [5, 5.41) is 0. The summed E-state index contributed by atoms with van der Waals surface area (Å²) in [5.74, 6) is 1.33. The quantitative estimate of drug-likeness (QED) is 0.756. The standard InChI is InChI=1S/2C7H11NO/c1-4-6-8-7(2,3)5-9-6;1-4-6-8-5-7(2,3)9-6/h2*4H,1,5H2,2-3H3. The molecule has 18 heavy (non-hydrogen) atoms. The summed E-state index contributed by atoms with van der Waals surface area (Å²) in [6.07, 6.45) is 3.27. The highest BCUT2D eigenvalue weighted by molar-refractivity contribution is 5.89. The van der Waals surface area contributed by atoms with Crippen molar-refractivity contribution >= 4 is 11.8 Å². The Balaban J connectivity index is 0.000000180. The van der Waals surface area contributed by atoms with Gasteiger partial charge in [-0.1, -0.05) is 13.2 Å². The van der Waals surface area contributed by atoms with Crippen molar-refractivity contribution in [2.75, 3.05) is 13.2 Å². The van der Waals surface area contributed by atoms with Crippen molar-refractivity contribution in [3.05, 3.63) is 25.3 Å². The predicted octanol–water partition coefficient (Wildman–Crippen LogP) is 2.76. The van der Waals surface area contributed by atoms with E-state index in [-0.39, 0.29) is 11.1 Å². The molecule has 2 heterocycles. The lowest BCUT2D eigenvalue weighted by molar-refractivity contribution is 0.132. The van der Waals surface area contributed by atoms with Gasteiger partial charge in [0.25, 0.3) is 0 Å². The van der Waals surface area contributed by atoms with Gasteiger partial charge in [0.05, 0.1) is 12.1 Å². The molecule has 0 saturated heterocycles. The van der Waals surface area contributed by atoms with Gasteiger partial charge >= 0.3 is 0 Å². The van der Waals surface area contributed by atoms with Gasteiger partial charge in [0, 0.05) is 0 Å². The van der Waals surface area contributed by atoms with E-state index in [1.807, 2.05) is 27.7 Å². The minimum absolute atomic E-state index is 0.0382. The highest BCUT2D eigenvalue weighted by Crippen LogP contribution is 2.17. The summed E-state index contributed by atoms with van der Waals surface area (Å²) in [6.45, 7) is 16.6. The van der Waals surface area contributed by atoms with E-state index in [2.05, 4.69) is 23.1 Å². The summed E-state index contributed by atoms with van der Waals surface area (Å²) >= 11 is 0. The molecule has 0 amide bonds. The van der Waals surface area contributed by atoms with Gasteiger partial charge in [0.2, 0.25) is 11.8 Å². The summed E-state index contributed by atoms with van der Waals surface area (Å²) in [7, 11) is 0. The zero-order chi connectivity index (χ0) is 13.8. The van der Waals surface area contributed by atoms with Crippen LogP contribution in [0.25, 0.3) is 0 Å². The molecule has 0 atom stereocenters. The lowest BCUT2D eigenvalue weighted by Crippen LogP contribution is -2.23. The average molecular weight is 250 g/mol. The van der Waals surface area contributed by atoms with Crippen LogP contribution in [0.5, 0.6) is 0 Å². The van der Waals surface area contributed by atoms with Crippen molar-refractivity contribution in [2.45, 2.75) is 38.8 Å². The van der Waals surface area contributed by atoms with E-state index in [4.69, 9.17) is 9.47 Å². The van der Waals surface area contributed by atoms with Gasteiger partial charge in [0.1, 0.15) is 12.2 Å². The minimum Gasteiger partial charge on any atom is -0.475 e. The van der Waals surface area contributed by atoms with Gasteiger partial charge in [-0.25, -0.2) is 9.98 Å². The second-order valence-corrected chi connectivity index (χ2v) is 5.48. The van der Waals surface area contributed by atoms with Crippen molar-refractivity contribution in [3.63, 3.8) is 0 Å². The molecule has 0 fully saturated rings. The van der Waals surface area contributed by atoms with Crippen LogP contribution < -0.4 is 0 Å². The van der Waals surface area contributed by atoms with Crippen LogP contribution in [0.2, 0.25) is 0 Å². The van der Waals surface area contributed by atoms with Crippen LogP contribution in [0.1, 0.15) is 27.7 Å². The van der Waals surface area contributed by atoms with Crippen LogP contribution in [0.3, 0.4) is 0 Å². The van der Waals surface area contributed by atoms with E-state index in [9.17, 15) is 0 Å². The van der Waals surface area contributed by atoms with Crippen LogP contribution in [-0.4, -0.2) is 36.1 Å². The molecule has 0 aliphatic carbocycles. The van der Waals surface area contributed by atoms with Crippen molar-refractivity contribution < 1.29 is 9.47 Å². The van der Waals surface area contributed by atoms with Gasteiger partial charge in [-0.2, -0.15) is 0 Å². The van der Waals surface area contributed by atoms with Crippen LogP contribution in [0, 0.1) is 0 Å². The first kappa shape index (κ1) is 14.5. The fraction of sp³-hybridized carbons (Fsp3) is 0.571. The lowest BCUT2D eigenvalue weighted by atomic mass is 10.1. The molecule has 2 aliphatic heterocycles. The smallest absolute Gasteiger partial charge is 0.208 e. The molecule has 0 unspecified atom stereocenters. The zero-order valence-corrected chi connectivity index (χ0v) is 11.7. The third-order valence-corrected chi connectivity index (χ3v) is 2.33. The largest absolute Gasteiger partial charge is 0.475 e. The number of rotatable bonds is 2. The maximum atomic E-state index is 5.33. The monoisotopic (exact) mass is 250 g/mol. The van der Waals surface area contributed by atoms with Crippen molar-refractivity contribution in [3.8, 4) is 0 Å². The summed E-state index contributed by atoms with van der Waals surface area (Å²) < 4.78 is 10.5. The minimum atomic E-state index is -0.108. The third kappa shape index (κ3) is 4.35. The Labute approximate surface area is 109 Å². The molecule has 0 aromatic carbocycles. The molecule has 0 bridgehead atoms. The molecular weight excluding hydrogens is 228 g/mol. The first-order valence-corrected chi connectivity index (χ1v) is 5.99. The SMILES string of the molecule is C=CC1=NC(C)(C)CO1.C=CC1=NCC(C)(C)O1. The fourth-order valence-electron chi connectivity index (χ4n) is 1.44. The zero-order valence-electron chi connectivity index (χ0n) is 11.7. The van der Waals surface area contributed by atoms with E-state index >= 15 is 0 Å². The molecule has 0 radical (unpaired) electrons. The molecule has 2 rings (SSSR count). The predicted molar refractivity (Wildman–Crippen MR) is 75.3 cm³/mol. The summed E-state index contributed by atoms with van der Waals surface area (Å²) in [6, 6.07) is 0. The van der Waals surface area contributed by atoms with Crippen LogP contribution in [0.15, 0.2) is 35.3 Å². The highest BCUT2D eigenvalue weighted by atomic mass is 16.5. The van der Waals surface area contributed by atoms with Gasteiger partial charge in [-0.05, 0) is 39.8 Å². The lowest BCUT2D eigenvalue weighted by Gasteiger charge is -2.15. The molecule has 4 nitrogen and oxygen atoms in total. The third-order valence-electron chi connectivity index (χ3n) is 2.33. The number of ether oxygens (including phenoxy) is 2. The molecule has 2 aliphatic rings. The van der Waals surface area contributed by atoms with Gasteiger partial charge in [-0.3, -0.25) is 0 Å². The highest BCUT2D eigenvalue weighted by Gasteiger charge is 2.25. The molecule has 0 N–H and O–H groups in total. The average Bonchev–Trinajstić information content (AvgIpc) is 2.81. The Morgan fingerprint density at radius 2 is 1.72 bits per heavy atom. The normalized spacial score (nSPS) is 22.7. The molecule has 0 spiro atoms. The van der Waals surface area contributed by atoms with Crippen LogP contribution >= 0.6 is 0 Å². The Hall–Kier alpha value is -1.58.